The highest BCUT2D eigenvalue weighted by molar-refractivity contribution is 5.76. The molecule has 8 heavy (non-hydrogen) atoms. The molecule has 0 saturated heterocycles. The Balaban J connectivity index is 2.60. The topological polar surface area (TPSA) is 23.2 Å². The lowest BCUT2D eigenvalue weighted by atomic mass is 10.1. The van der Waals surface area contributed by atoms with E-state index in [-0.39, 0.29) is 0 Å². The first-order valence-electron chi connectivity index (χ1n) is 3.09. The highest BCUT2D eigenvalue weighted by Crippen LogP contribution is 2.03. The summed E-state index contributed by atoms with van der Waals surface area (Å²) in [7, 11) is 0. The maximum Gasteiger partial charge on any atom is 0.201 e. The normalized spacial score (nSPS) is 21.6. The molecule has 0 bridgehead atoms. The van der Waals surface area contributed by atoms with E-state index in [2.05, 4.69) is 0 Å². The molecule has 1 N–H and O–H groups in total. The Morgan fingerprint density at radius 3 is 2.62 bits per heavy atom. The first kappa shape index (κ1) is 5.60. The van der Waals surface area contributed by atoms with E-state index in [1.54, 1.807) is 0 Å². The van der Waals surface area contributed by atoms with Crippen molar-refractivity contribution >= 4 is 5.71 Å². The summed E-state index contributed by atoms with van der Waals surface area (Å²) in [6, 6.07) is 0. The fourth-order valence-electron chi connectivity index (χ4n) is 0.962. The van der Waals surface area contributed by atoms with Crippen LogP contribution in [0.15, 0.2) is 0 Å². The second-order valence-electron chi connectivity index (χ2n) is 2.32. The second kappa shape index (κ2) is 2.16. The van der Waals surface area contributed by atoms with E-state index in [4.69, 9.17) is 5.21 Å². The van der Waals surface area contributed by atoms with Crippen molar-refractivity contribution < 1.29 is 9.95 Å². The van der Waals surface area contributed by atoms with Crippen molar-refractivity contribution in [3.63, 3.8) is 0 Å². The molecule has 2 nitrogen and oxygen atoms in total. The Labute approximate surface area is 49.4 Å². The van der Waals surface area contributed by atoms with E-state index in [9.17, 15) is 0 Å². The van der Waals surface area contributed by atoms with Crippen molar-refractivity contribution in [3.05, 3.63) is 0 Å². The first-order valence-corrected chi connectivity index (χ1v) is 3.09. The van der Waals surface area contributed by atoms with Gasteiger partial charge in [-0.3, -0.25) is 5.21 Å². The van der Waals surface area contributed by atoms with Gasteiger partial charge in [-0.05, 0) is 11.2 Å². The lowest BCUT2D eigenvalue weighted by molar-refractivity contribution is -0.777. The molecule has 0 aromatic carbocycles. The number of nitrogens with zero attached hydrogens (tertiary/aromatic N) is 1. The van der Waals surface area contributed by atoms with Crippen LogP contribution in [0.25, 0.3) is 0 Å². The fourth-order valence-corrected chi connectivity index (χ4v) is 0.962. The van der Waals surface area contributed by atoms with Crippen LogP contribution in [0.3, 0.4) is 0 Å². The number of rotatable bonds is 0. The van der Waals surface area contributed by atoms with Crippen LogP contribution in [0.4, 0.5) is 0 Å². The van der Waals surface area contributed by atoms with Crippen molar-refractivity contribution in [2.75, 3.05) is 6.54 Å². The van der Waals surface area contributed by atoms with Crippen LogP contribution in [0.2, 0.25) is 0 Å². The highest BCUT2D eigenvalue weighted by Gasteiger charge is 2.13. The van der Waals surface area contributed by atoms with Crippen LogP contribution in [-0.2, 0) is 0 Å². The first-order chi connectivity index (χ1) is 3.80. The molecular formula is C6H12NO+. The van der Waals surface area contributed by atoms with Crippen molar-refractivity contribution in [1.82, 2.24) is 0 Å². The zero-order valence-electron chi connectivity index (χ0n) is 5.22. The zero-order valence-corrected chi connectivity index (χ0v) is 5.22. The molecule has 0 spiro atoms. The van der Waals surface area contributed by atoms with E-state index in [0.29, 0.717) is 0 Å². The van der Waals surface area contributed by atoms with Gasteiger partial charge in [-0.1, -0.05) is 0 Å². The molecule has 0 saturated carbocycles. The predicted octanol–water partition coefficient (Wildman–Crippen LogP) is 1.03. The maximum absolute atomic E-state index is 8.97. The van der Waals surface area contributed by atoms with Crippen LogP contribution in [0.1, 0.15) is 26.2 Å². The lowest BCUT2D eigenvalue weighted by Crippen LogP contribution is -2.21. The van der Waals surface area contributed by atoms with Crippen molar-refractivity contribution in [2.24, 2.45) is 0 Å². The van der Waals surface area contributed by atoms with Crippen LogP contribution in [-0.4, -0.2) is 22.2 Å². The van der Waals surface area contributed by atoms with E-state index in [0.717, 1.165) is 25.1 Å². The standard InChI is InChI=1S/C6H12NO/c1-6-4-2-3-5-7(6)8/h8H,2-5H2,1H3/q+1. The number of hydroxylamine groups is 1. The van der Waals surface area contributed by atoms with Crippen LogP contribution >= 0.6 is 0 Å². The summed E-state index contributed by atoms with van der Waals surface area (Å²) in [6.07, 6.45) is 3.44. The number of hydrogen-bond donors (Lipinski definition) is 1. The van der Waals surface area contributed by atoms with Gasteiger partial charge in [-0.25, -0.2) is 0 Å². The Kier molecular flexibility index (Phi) is 1.51. The Morgan fingerprint density at radius 1 is 1.50 bits per heavy atom. The van der Waals surface area contributed by atoms with Gasteiger partial charge in [0, 0.05) is 19.8 Å². The summed E-state index contributed by atoms with van der Waals surface area (Å²) < 4.78 is 1.35. The molecule has 46 valence electrons. The Hall–Kier alpha value is -0.530. The fraction of sp³-hybridized carbons (Fsp3) is 0.833. The minimum Gasteiger partial charge on any atom is -0.291 e. The van der Waals surface area contributed by atoms with Crippen LogP contribution in [0.5, 0.6) is 0 Å². The molecule has 0 radical (unpaired) electrons. The average Bonchev–Trinajstić information content (AvgIpc) is 1.77. The quantitative estimate of drug-likeness (QED) is 0.369. The molecular weight excluding hydrogens is 102 g/mol. The van der Waals surface area contributed by atoms with Crippen LogP contribution < -0.4 is 0 Å². The van der Waals surface area contributed by atoms with Crippen molar-refractivity contribution in [1.29, 1.82) is 0 Å². The third-order valence-electron chi connectivity index (χ3n) is 1.60. The average molecular weight is 114 g/mol. The largest absolute Gasteiger partial charge is 0.291 e. The molecule has 2 heteroatoms. The Bertz CT molecular complexity index is 104. The lowest BCUT2D eigenvalue weighted by Gasteiger charge is -2.03. The van der Waals surface area contributed by atoms with Crippen molar-refractivity contribution in [3.8, 4) is 0 Å². The van der Waals surface area contributed by atoms with E-state index in [1.807, 2.05) is 6.92 Å². The second-order valence-corrected chi connectivity index (χ2v) is 2.32. The van der Waals surface area contributed by atoms with E-state index < -0.39 is 0 Å². The monoisotopic (exact) mass is 114 g/mol. The molecule has 0 amide bonds. The SMILES string of the molecule is CC1=[N+](O)CCCC1. The molecule has 0 atom stereocenters. The molecule has 1 rings (SSSR count). The van der Waals surface area contributed by atoms with Gasteiger partial charge in [0.25, 0.3) is 0 Å². The van der Waals surface area contributed by atoms with Gasteiger partial charge in [0.2, 0.25) is 5.71 Å². The molecule has 0 aromatic heterocycles. The molecule has 0 aromatic rings. The third-order valence-corrected chi connectivity index (χ3v) is 1.60. The van der Waals surface area contributed by atoms with Gasteiger partial charge in [0.1, 0.15) is 0 Å². The molecule has 0 fully saturated rings. The summed E-state index contributed by atoms with van der Waals surface area (Å²) in [5, 5.41) is 8.97. The van der Waals surface area contributed by atoms with E-state index in [1.165, 1.54) is 11.2 Å². The summed E-state index contributed by atoms with van der Waals surface area (Å²) in [5.41, 5.74) is 1.11. The smallest absolute Gasteiger partial charge is 0.201 e. The third kappa shape index (κ3) is 0.997. The van der Waals surface area contributed by atoms with Crippen molar-refractivity contribution in [2.45, 2.75) is 26.2 Å². The van der Waals surface area contributed by atoms with Gasteiger partial charge in [-0.2, -0.15) is 0 Å². The Morgan fingerprint density at radius 2 is 2.25 bits per heavy atom. The van der Waals surface area contributed by atoms with E-state index >= 15 is 0 Å². The number of hydrogen-bond acceptors (Lipinski definition) is 1. The molecule has 1 heterocycles. The molecule has 1 aliphatic rings. The molecule has 0 unspecified atom stereocenters. The minimum absolute atomic E-state index is 0.825. The van der Waals surface area contributed by atoms with Crippen LogP contribution in [0, 0.1) is 0 Å². The molecule has 1 aliphatic heterocycles. The van der Waals surface area contributed by atoms with Gasteiger partial charge < -0.3 is 0 Å². The summed E-state index contributed by atoms with van der Waals surface area (Å²) in [5.74, 6) is 0. The minimum atomic E-state index is 0.825. The summed E-state index contributed by atoms with van der Waals surface area (Å²) in [4.78, 5) is 0. The van der Waals surface area contributed by atoms with Gasteiger partial charge in [0.15, 0.2) is 6.54 Å². The highest BCUT2D eigenvalue weighted by atomic mass is 16.5. The predicted molar refractivity (Wildman–Crippen MR) is 31.4 cm³/mol. The maximum atomic E-state index is 8.97. The zero-order chi connectivity index (χ0) is 5.98. The molecule has 0 aliphatic carbocycles. The summed E-state index contributed by atoms with van der Waals surface area (Å²) in [6.45, 7) is 2.80. The summed E-state index contributed by atoms with van der Waals surface area (Å²) >= 11 is 0. The van der Waals surface area contributed by atoms with Gasteiger partial charge >= 0.3 is 0 Å². The van der Waals surface area contributed by atoms with Gasteiger partial charge in [0.05, 0.1) is 0 Å². The van der Waals surface area contributed by atoms with Gasteiger partial charge in [-0.15, -0.1) is 0 Å².